The van der Waals surface area contributed by atoms with Gasteiger partial charge in [0.25, 0.3) is 0 Å². The van der Waals surface area contributed by atoms with Crippen molar-refractivity contribution in [3.05, 3.63) is 0 Å². The summed E-state index contributed by atoms with van der Waals surface area (Å²) in [5.74, 6) is 0.886. The van der Waals surface area contributed by atoms with Gasteiger partial charge in [-0.15, -0.1) is 0 Å². The molecule has 3 fully saturated rings. The molecule has 2 bridgehead atoms. The fourth-order valence-corrected chi connectivity index (χ4v) is 2.81. The fourth-order valence-electron chi connectivity index (χ4n) is 2.81. The highest BCUT2D eigenvalue weighted by atomic mass is 16.7. The van der Waals surface area contributed by atoms with Gasteiger partial charge in [-0.05, 0) is 18.8 Å². The Morgan fingerprint density at radius 3 is 3.07 bits per heavy atom. The zero-order valence-electron chi connectivity index (χ0n) is 7.59. The number of carbonyl (C=O) groups is 1. The summed E-state index contributed by atoms with van der Waals surface area (Å²) in [5, 5.41) is 8.55. The van der Waals surface area contributed by atoms with Crippen LogP contribution in [0.4, 0.5) is 4.79 Å². The maximum Gasteiger partial charge on any atom is 0.506 e. The van der Waals surface area contributed by atoms with Gasteiger partial charge in [0.05, 0.1) is 12.7 Å². The van der Waals surface area contributed by atoms with Gasteiger partial charge in [0.2, 0.25) is 0 Å². The lowest BCUT2D eigenvalue weighted by atomic mass is 9.80. The van der Waals surface area contributed by atoms with Crippen molar-refractivity contribution in [2.24, 2.45) is 11.8 Å². The van der Waals surface area contributed by atoms with E-state index in [-0.39, 0.29) is 18.5 Å². The average Bonchev–Trinajstić information content (AvgIpc) is 2.60. The highest BCUT2D eigenvalue weighted by Gasteiger charge is 2.54. The summed E-state index contributed by atoms with van der Waals surface area (Å²) in [5.41, 5.74) is 0. The average molecular weight is 200 g/mol. The van der Waals surface area contributed by atoms with Crippen LogP contribution in [0.2, 0.25) is 0 Å². The third kappa shape index (κ3) is 1.12. The van der Waals surface area contributed by atoms with Gasteiger partial charge >= 0.3 is 6.16 Å². The number of hydrogen-bond acceptors (Lipinski definition) is 4. The summed E-state index contributed by atoms with van der Waals surface area (Å²) < 4.78 is 15.8. The Morgan fingerprint density at radius 2 is 2.29 bits per heavy atom. The molecule has 5 heteroatoms. The molecule has 3 aliphatic rings. The van der Waals surface area contributed by atoms with Crippen LogP contribution >= 0.6 is 0 Å². The molecule has 0 aromatic rings. The van der Waals surface area contributed by atoms with Gasteiger partial charge in [0, 0.05) is 5.92 Å². The van der Waals surface area contributed by atoms with Gasteiger partial charge in [-0.2, -0.15) is 0 Å². The molecular formula is C9H12O5. The van der Waals surface area contributed by atoms with Crippen LogP contribution in [0.25, 0.3) is 0 Å². The van der Waals surface area contributed by atoms with Crippen molar-refractivity contribution in [3.8, 4) is 0 Å². The molecule has 0 radical (unpaired) electrons. The molecule has 2 unspecified atom stereocenters. The third-order valence-corrected chi connectivity index (χ3v) is 3.44. The second-order valence-electron chi connectivity index (χ2n) is 4.19. The van der Waals surface area contributed by atoms with Gasteiger partial charge in [0.1, 0.15) is 6.10 Å². The summed E-state index contributed by atoms with van der Waals surface area (Å²) in [6, 6.07) is 0. The Kier molecular flexibility index (Phi) is 1.72. The Bertz CT molecular complexity index is 264. The van der Waals surface area contributed by atoms with Gasteiger partial charge in [-0.3, -0.25) is 0 Å². The van der Waals surface area contributed by atoms with Crippen molar-refractivity contribution in [1.29, 1.82) is 0 Å². The lowest BCUT2D eigenvalue weighted by Crippen LogP contribution is -2.37. The molecule has 2 saturated heterocycles. The SMILES string of the molecule is O=C(O)OC1C[C@H]2CO[C@H]3OC1C[C@@H]23. The molecule has 5 nitrogen and oxygen atoms in total. The Morgan fingerprint density at radius 1 is 1.43 bits per heavy atom. The van der Waals surface area contributed by atoms with E-state index < -0.39 is 6.16 Å². The van der Waals surface area contributed by atoms with E-state index >= 15 is 0 Å². The fraction of sp³-hybridized carbons (Fsp3) is 0.889. The van der Waals surface area contributed by atoms with E-state index in [9.17, 15) is 4.79 Å². The predicted octanol–water partition coefficient (Wildman–Crippen LogP) is 0.831. The molecule has 0 spiro atoms. The van der Waals surface area contributed by atoms with Crippen molar-refractivity contribution in [1.82, 2.24) is 0 Å². The smallest absolute Gasteiger partial charge is 0.450 e. The number of hydrogen-bond donors (Lipinski definition) is 1. The maximum absolute atomic E-state index is 10.4. The standard InChI is InChI=1S/C9H12O5/c10-9(11)14-6-1-4-3-12-8-5(4)2-7(6)13-8/h4-8H,1-3H2,(H,10,11)/t4-,5-,6?,7?,8-/m0/s1. The van der Waals surface area contributed by atoms with E-state index in [0.29, 0.717) is 18.4 Å². The monoisotopic (exact) mass is 200 g/mol. The minimum atomic E-state index is -1.21. The third-order valence-electron chi connectivity index (χ3n) is 3.44. The van der Waals surface area contributed by atoms with Crippen molar-refractivity contribution < 1.29 is 24.1 Å². The van der Waals surface area contributed by atoms with Crippen LogP contribution in [0.5, 0.6) is 0 Å². The van der Waals surface area contributed by atoms with Gasteiger partial charge in [0.15, 0.2) is 6.29 Å². The predicted molar refractivity (Wildman–Crippen MR) is 43.7 cm³/mol. The largest absolute Gasteiger partial charge is 0.506 e. The number of ether oxygens (including phenoxy) is 3. The minimum Gasteiger partial charge on any atom is -0.450 e. The lowest BCUT2D eigenvalue weighted by molar-refractivity contribution is -0.149. The normalized spacial score (nSPS) is 49.3. The Labute approximate surface area is 80.9 Å². The zero-order valence-corrected chi connectivity index (χ0v) is 7.59. The van der Waals surface area contributed by atoms with Gasteiger partial charge < -0.3 is 19.3 Å². The molecule has 0 amide bonds. The van der Waals surface area contributed by atoms with E-state index in [1.165, 1.54) is 0 Å². The van der Waals surface area contributed by atoms with Gasteiger partial charge in [-0.25, -0.2) is 4.79 Å². The van der Waals surface area contributed by atoms with Crippen molar-refractivity contribution in [3.63, 3.8) is 0 Å². The first-order chi connectivity index (χ1) is 6.74. The zero-order chi connectivity index (χ0) is 9.71. The van der Waals surface area contributed by atoms with Gasteiger partial charge in [-0.1, -0.05) is 0 Å². The van der Waals surface area contributed by atoms with Crippen LogP contribution in [0.3, 0.4) is 0 Å². The molecule has 2 heterocycles. The number of carboxylic acid groups (broad SMARTS) is 1. The highest BCUT2D eigenvalue weighted by Crippen LogP contribution is 2.47. The number of fused-ring (bicyclic) bond motifs is 1. The van der Waals surface area contributed by atoms with Crippen molar-refractivity contribution in [2.75, 3.05) is 6.61 Å². The first kappa shape index (κ1) is 8.49. The van der Waals surface area contributed by atoms with Crippen molar-refractivity contribution >= 4 is 6.16 Å². The molecule has 14 heavy (non-hydrogen) atoms. The Balaban J connectivity index is 1.75. The van der Waals surface area contributed by atoms with Crippen LogP contribution in [0.15, 0.2) is 0 Å². The summed E-state index contributed by atoms with van der Waals surface area (Å²) in [7, 11) is 0. The van der Waals surface area contributed by atoms with E-state index in [2.05, 4.69) is 0 Å². The first-order valence-electron chi connectivity index (χ1n) is 4.90. The Hall–Kier alpha value is -0.810. The van der Waals surface area contributed by atoms with Crippen LogP contribution in [-0.4, -0.2) is 36.4 Å². The molecule has 1 N–H and O–H groups in total. The molecule has 5 atom stereocenters. The van der Waals surface area contributed by atoms with Crippen LogP contribution in [-0.2, 0) is 14.2 Å². The first-order valence-corrected chi connectivity index (χ1v) is 4.90. The molecule has 0 aromatic heterocycles. The molecule has 78 valence electrons. The summed E-state index contributed by atoms with van der Waals surface area (Å²) in [6.45, 7) is 0.682. The second kappa shape index (κ2) is 2.84. The highest BCUT2D eigenvalue weighted by molar-refractivity contribution is 5.57. The van der Waals surface area contributed by atoms with Crippen LogP contribution < -0.4 is 0 Å². The van der Waals surface area contributed by atoms with E-state index in [0.717, 1.165) is 12.8 Å². The minimum absolute atomic E-state index is 0.0855. The molecule has 0 aromatic carbocycles. The van der Waals surface area contributed by atoms with Crippen LogP contribution in [0.1, 0.15) is 12.8 Å². The quantitative estimate of drug-likeness (QED) is 0.635. The van der Waals surface area contributed by atoms with E-state index in [1.54, 1.807) is 0 Å². The van der Waals surface area contributed by atoms with E-state index in [1.807, 2.05) is 0 Å². The summed E-state index contributed by atoms with van der Waals surface area (Å²) in [6.07, 6.45) is -0.0563. The number of rotatable bonds is 1. The summed E-state index contributed by atoms with van der Waals surface area (Å²) in [4.78, 5) is 10.4. The molecule has 3 rings (SSSR count). The maximum atomic E-state index is 10.4. The molecule has 1 aliphatic carbocycles. The van der Waals surface area contributed by atoms with E-state index in [4.69, 9.17) is 19.3 Å². The molecule has 2 aliphatic heterocycles. The topological polar surface area (TPSA) is 65.0 Å². The molecular weight excluding hydrogens is 188 g/mol. The van der Waals surface area contributed by atoms with Crippen molar-refractivity contribution in [2.45, 2.75) is 31.3 Å². The summed E-state index contributed by atoms with van der Waals surface area (Å²) >= 11 is 0. The molecule has 1 saturated carbocycles. The van der Waals surface area contributed by atoms with Crippen LogP contribution in [0, 0.1) is 11.8 Å². The second-order valence-corrected chi connectivity index (χ2v) is 4.19. The lowest BCUT2D eigenvalue weighted by Gasteiger charge is -2.29.